The van der Waals surface area contributed by atoms with Gasteiger partial charge in [0.25, 0.3) is 0 Å². The van der Waals surface area contributed by atoms with Crippen LogP contribution in [0.1, 0.15) is 75.8 Å². The van der Waals surface area contributed by atoms with Crippen molar-refractivity contribution < 1.29 is 24.0 Å². The molecule has 47 heavy (non-hydrogen) atoms. The van der Waals surface area contributed by atoms with Crippen LogP contribution in [-0.4, -0.2) is 94.6 Å². The van der Waals surface area contributed by atoms with E-state index in [0.29, 0.717) is 45.2 Å². The maximum atomic E-state index is 14.2. The van der Waals surface area contributed by atoms with Crippen molar-refractivity contribution in [3.8, 4) is 0 Å². The van der Waals surface area contributed by atoms with Crippen LogP contribution in [0, 0.1) is 12.8 Å². The summed E-state index contributed by atoms with van der Waals surface area (Å²) in [7, 11) is 0. The highest BCUT2D eigenvalue weighted by molar-refractivity contribution is 5.96. The molecule has 1 aliphatic carbocycles. The largest absolute Gasteiger partial charge is 0.370 e. The molecule has 2 aliphatic heterocycles. The summed E-state index contributed by atoms with van der Waals surface area (Å²) in [6, 6.07) is 3.21. The second-order valence-corrected chi connectivity index (χ2v) is 13.2. The molecule has 0 radical (unpaired) electrons. The van der Waals surface area contributed by atoms with Gasteiger partial charge in [-0.15, -0.1) is 0 Å². The molecule has 10 N–H and O–H groups in total. The summed E-state index contributed by atoms with van der Waals surface area (Å²) in [4.78, 5) is 73.9. The van der Waals surface area contributed by atoms with E-state index < -0.39 is 47.9 Å². The van der Waals surface area contributed by atoms with E-state index >= 15 is 0 Å². The summed E-state index contributed by atoms with van der Waals surface area (Å²) in [6.45, 7) is 4.16. The molecular formula is C33H51N9O5. The van der Waals surface area contributed by atoms with Gasteiger partial charge in [0.05, 0.1) is 6.04 Å². The minimum Gasteiger partial charge on any atom is -0.370 e. The first-order valence-corrected chi connectivity index (χ1v) is 16.8. The van der Waals surface area contributed by atoms with E-state index in [1.54, 1.807) is 9.80 Å². The van der Waals surface area contributed by atoms with Crippen LogP contribution < -0.4 is 33.6 Å². The Kier molecular flexibility index (Phi) is 12.2. The second-order valence-electron chi connectivity index (χ2n) is 13.2. The first-order valence-electron chi connectivity index (χ1n) is 16.8. The van der Waals surface area contributed by atoms with Crippen molar-refractivity contribution in [2.45, 2.75) is 114 Å². The molecule has 3 aliphatic rings. The average Bonchev–Trinajstić information content (AvgIpc) is 3.68. The third-order valence-electron chi connectivity index (χ3n) is 9.85. The Morgan fingerprint density at radius 2 is 1.70 bits per heavy atom. The number of hydrogen-bond donors (Lipinski definition) is 6. The molecule has 0 unspecified atom stereocenters. The number of amides is 5. The molecule has 1 aromatic carbocycles. The Balaban J connectivity index is 1.40. The number of carbonyl (C=O) groups is 5. The van der Waals surface area contributed by atoms with Crippen LogP contribution in [0.2, 0.25) is 0 Å². The van der Waals surface area contributed by atoms with Crippen LogP contribution in [0.15, 0.2) is 29.3 Å². The standard InChI is InChI=1S/C33H51N9O5/c1-19-9-3-4-10-21(19)17-24(28(35)43)40-29(44)20(2)39-30(45)26-14-8-16-41(26)32(47)27-18-22-11-5-6-13-25(22)42(27)31(46)23(34)12-7-15-38-33(36)37/h3-4,9-10,20,22-27H,5-8,11-18,34H2,1-2H3,(H2,35,43)(H,39,45)(H,40,44)(H4,36,37,38)/t20-,22+,23-,24+,25+,26+,27+/m1/s1. The minimum absolute atomic E-state index is 0.0210. The van der Waals surface area contributed by atoms with E-state index in [4.69, 9.17) is 22.9 Å². The number of primary amides is 1. The van der Waals surface area contributed by atoms with Gasteiger partial charge in [-0.25, -0.2) is 0 Å². The zero-order chi connectivity index (χ0) is 34.2. The van der Waals surface area contributed by atoms with Crippen LogP contribution in [-0.2, 0) is 30.4 Å². The van der Waals surface area contributed by atoms with Crippen molar-refractivity contribution in [2.24, 2.45) is 33.8 Å². The summed E-state index contributed by atoms with van der Waals surface area (Å²) in [6.07, 6.45) is 6.47. The van der Waals surface area contributed by atoms with Crippen molar-refractivity contribution >= 4 is 35.5 Å². The Bertz CT molecular complexity index is 1350. The Morgan fingerprint density at radius 3 is 2.40 bits per heavy atom. The summed E-state index contributed by atoms with van der Waals surface area (Å²) in [5, 5.41) is 5.39. The SMILES string of the molecule is Cc1ccccc1C[C@H](NC(=O)[C@@H](C)NC(=O)[C@@H]1CCCN1C(=O)[C@@H]1C[C@@H]2CCCC[C@@H]2N1C(=O)[C@H](N)CCCN=C(N)N)C(N)=O. The number of nitrogens with two attached hydrogens (primary N) is 4. The molecule has 1 aromatic rings. The number of nitrogens with zero attached hydrogens (tertiary/aromatic N) is 3. The fraction of sp³-hybridized carbons (Fsp3) is 0.636. The second kappa shape index (κ2) is 16.1. The number of nitrogens with one attached hydrogen (secondary N) is 2. The van der Waals surface area contributed by atoms with Gasteiger partial charge in [0.2, 0.25) is 29.5 Å². The van der Waals surface area contributed by atoms with Gasteiger partial charge in [0.1, 0.15) is 24.2 Å². The van der Waals surface area contributed by atoms with E-state index in [-0.39, 0.29) is 36.2 Å². The van der Waals surface area contributed by atoms with Crippen molar-refractivity contribution in [3.63, 3.8) is 0 Å². The summed E-state index contributed by atoms with van der Waals surface area (Å²) in [5.41, 5.74) is 24.6. The van der Waals surface area contributed by atoms with Gasteiger partial charge in [-0.05, 0) is 75.8 Å². The van der Waals surface area contributed by atoms with Gasteiger partial charge in [-0.2, -0.15) is 0 Å². The topological polar surface area (TPSA) is 232 Å². The number of fused-ring (bicyclic) bond motifs is 1. The Hall–Kier alpha value is -4.20. The Morgan fingerprint density at radius 1 is 0.979 bits per heavy atom. The highest BCUT2D eigenvalue weighted by atomic mass is 16.2. The predicted octanol–water partition coefficient (Wildman–Crippen LogP) is -0.456. The lowest BCUT2D eigenvalue weighted by Crippen LogP contribution is -2.58. The van der Waals surface area contributed by atoms with E-state index in [1.165, 1.54) is 6.92 Å². The Labute approximate surface area is 276 Å². The molecule has 0 bridgehead atoms. The van der Waals surface area contributed by atoms with E-state index in [0.717, 1.165) is 36.8 Å². The molecule has 14 heteroatoms. The van der Waals surface area contributed by atoms with Crippen LogP contribution in [0.4, 0.5) is 0 Å². The van der Waals surface area contributed by atoms with Gasteiger partial charge in [0, 0.05) is 25.6 Å². The smallest absolute Gasteiger partial charge is 0.246 e. The zero-order valence-corrected chi connectivity index (χ0v) is 27.5. The molecular weight excluding hydrogens is 602 g/mol. The van der Waals surface area contributed by atoms with Gasteiger partial charge in [0.15, 0.2) is 5.96 Å². The van der Waals surface area contributed by atoms with E-state index in [9.17, 15) is 24.0 Å². The van der Waals surface area contributed by atoms with Crippen LogP contribution >= 0.6 is 0 Å². The van der Waals surface area contributed by atoms with Gasteiger partial charge in [-0.1, -0.05) is 37.1 Å². The molecule has 2 heterocycles. The van der Waals surface area contributed by atoms with Gasteiger partial charge < -0.3 is 43.4 Å². The van der Waals surface area contributed by atoms with Crippen molar-refractivity contribution in [1.29, 1.82) is 0 Å². The monoisotopic (exact) mass is 653 g/mol. The lowest BCUT2D eigenvalue weighted by molar-refractivity contribution is -0.149. The van der Waals surface area contributed by atoms with E-state index in [2.05, 4.69) is 15.6 Å². The molecule has 258 valence electrons. The molecule has 4 rings (SSSR count). The van der Waals surface area contributed by atoms with E-state index in [1.807, 2.05) is 31.2 Å². The quantitative estimate of drug-likeness (QED) is 0.0924. The fourth-order valence-corrected chi connectivity index (χ4v) is 7.28. The van der Waals surface area contributed by atoms with Crippen molar-refractivity contribution in [3.05, 3.63) is 35.4 Å². The molecule has 3 fully saturated rings. The number of aliphatic imine (C=N–C) groups is 1. The number of likely N-dealkylation sites (tertiary alicyclic amines) is 2. The summed E-state index contributed by atoms with van der Waals surface area (Å²) in [5.74, 6) is -2.04. The highest BCUT2D eigenvalue weighted by Crippen LogP contribution is 2.41. The maximum Gasteiger partial charge on any atom is 0.246 e. The number of rotatable bonds is 13. The first kappa shape index (κ1) is 35.7. The lowest BCUT2D eigenvalue weighted by atomic mass is 9.84. The lowest BCUT2D eigenvalue weighted by Gasteiger charge is -2.37. The third-order valence-corrected chi connectivity index (χ3v) is 9.85. The molecule has 1 saturated carbocycles. The first-order chi connectivity index (χ1) is 22.4. The van der Waals surface area contributed by atoms with Gasteiger partial charge in [-0.3, -0.25) is 29.0 Å². The molecule has 0 aromatic heterocycles. The third kappa shape index (κ3) is 8.79. The molecule has 0 spiro atoms. The van der Waals surface area contributed by atoms with Crippen LogP contribution in [0.25, 0.3) is 0 Å². The molecule has 7 atom stereocenters. The number of aryl methyl sites for hydroxylation is 1. The minimum atomic E-state index is -0.983. The average molecular weight is 654 g/mol. The number of carbonyl (C=O) groups excluding carboxylic acids is 5. The van der Waals surface area contributed by atoms with Crippen molar-refractivity contribution in [2.75, 3.05) is 13.1 Å². The number of benzene rings is 1. The van der Waals surface area contributed by atoms with Crippen molar-refractivity contribution in [1.82, 2.24) is 20.4 Å². The maximum absolute atomic E-state index is 14.2. The summed E-state index contributed by atoms with van der Waals surface area (Å²) < 4.78 is 0. The normalized spacial score (nSPS) is 24.1. The highest BCUT2D eigenvalue weighted by Gasteiger charge is 2.51. The molecule has 2 saturated heterocycles. The number of guanidine groups is 1. The predicted molar refractivity (Wildman–Crippen MR) is 177 cm³/mol. The molecule has 5 amide bonds. The van der Waals surface area contributed by atoms with Crippen LogP contribution in [0.3, 0.4) is 0 Å². The van der Waals surface area contributed by atoms with Gasteiger partial charge >= 0.3 is 0 Å². The zero-order valence-electron chi connectivity index (χ0n) is 27.5. The number of hydrogen-bond acceptors (Lipinski definition) is 7. The molecule has 14 nitrogen and oxygen atoms in total. The fourth-order valence-electron chi connectivity index (χ4n) is 7.28. The van der Waals surface area contributed by atoms with Crippen LogP contribution in [0.5, 0.6) is 0 Å². The summed E-state index contributed by atoms with van der Waals surface area (Å²) >= 11 is 0.